The Labute approximate surface area is 184 Å². The summed E-state index contributed by atoms with van der Waals surface area (Å²) in [6.07, 6.45) is 2.86. The molecule has 0 aliphatic carbocycles. The molecule has 2 aliphatic rings. The first kappa shape index (κ1) is 23.5. The number of piperazine rings is 1. The van der Waals surface area contributed by atoms with Crippen LogP contribution in [0.1, 0.15) is 36.5 Å². The van der Waals surface area contributed by atoms with Crippen LogP contribution in [0.5, 0.6) is 5.75 Å². The van der Waals surface area contributed by atoms with Gasteiger partial charge in [-0.3, -0.25) is 14.6 Å². The minimum absolute atomic E-state index is 0.187. The largest absolute Gasteiger partial charge is 0.491 e. The Hall–Kier alpha value is -2.16. The van der Waals surface area contributed by atoms with Crippen molar-refractivity contribution >= 4 is 11.9 Å². The molecule has 1 aromatic rings. The number of carbonyl (C=O) groups is 2. The van der Waals surface area contributed by atoms with E-state index in [9.17, 15) is 14.7 Å². The molecule has 2 saturated heterocycles. The Morgan fingerprint density at radius 1 is 0.968 bits per heavy atom. The SMILES string of the molecule is CCOC(=O)c1ccc(OCC(O)CN2CCN(CC(=O)N3CCCCC3)CC2)cc1. The van der Waals surface area contributed by atoms with Gasteiger partial charge in [0.25, 0.3) is 0 Å². The number of carbonyl (C=O) groups excluding carboxylic acids is 2. The van der Waals surface area contributed by atoms with E-state index >= 15 is 0 Å². The predicted octanol–water partition coefficient (Wildman–Crippen LogP) is 1.23. The lowest BCUT2D eigenvalue weighted by Crippen LogP contribution is -2.52. The lowest BCUT2D eigenvalue weighted by atomic mass is 10.1. The lowest BCUT2D eigenvalue weighted by molar-refractivity contribution is -0.133. The Morgan fingerprint density at radius 3 is 2.26 bits per heavy atom. The molecule has 8 heteroatoms. The molecule has 0 bridgehead atoms. The van der Waals surface area contributed by atoms with Gasteiger partial charge >= 0.3 is 5.97 Å². The number of esters is 1. The second kappa shape index (κ2) is 12.0. The van der Waals surface area contributed by atoms with Crippen LogP contribution in [-0.4, -0.2) is 103 Å². The van der Waals surface area contributed by atoms with E-state index in [4.69, 9.17) is 9.47 Å². The molecule has 0 radical (unpaired) electrons. The summed E-state index contributed by atoms with van der Waals surface area (Å²) in [6.45, 7) is 8.47. The van der Waals surface area contributed by atoms with Gasteiger partial charge in [0.15, 0.2) is 0 Å². The molecule has 2 aliphatic heterocycles. The minimum Gasteiger partial charge on any atom is -0.491 e. The topological polar surface area (TPSA) is 82.5 Å². The van der Waals surface area contributed by atoms with E-state index in [1.54, 1.807) is 31.2 Å². The number of likely N-dealkylation sites (tertiary alicyclic amines) is 1. The van der Waals surface area contributed by atoms with Crippen molar-refractivity contribution in [1.29, 1.82) is 0 Å². The monoisotopic (exact) mass is 433 g/mol. The molecule has 1 amide bonds. The Kier molecular flexibility index (Phi) is 9.12. The Bertz CT molecular complexity index is 698. The van der Waals surface area contributed by atoms with Crippen molar-refractivity contribution < 1.29 is 24.2 Å². The summed E-state index contributed by atoms with van der Waals surface area (Å²) in [5, 5.41) is 10.3. The van der Waals surface area contributed by atoms with Crippen LogP contribution in [0.15, 0.2) is 24.3 Å². The molecule has 1 unspecified atom stereocenters. The maximum atomic E-state index is 12.4. The van der Waals surface area contributed by atoms with Crippen LogP contribution < -0.4 is 4.74 Å². The predicted molar refractivity (Wildman–Crippen MR) is 117 cm³/mol. The summed E-state index contributed by atoms with van der Waals surface area (Å²) in [5.41, 5.74) is 0.478. The maximum Gasteiger partial charge on any atom is 0.338 e. The molecule has 2 heterocycles. The molecule has 31 heavy (non-hydrogen) atoms. The van der Waals surface area contributed by atoms with Gasteiger partial charge in [0, 0.05) is 45.8 Å². The second-order valence-corrected chi connectivity index (χ2v) is 8.23. The molecule has 1 atom stereocenters. The highest BCUT2D eigenvalue weighted by atomic mass is 16.5. The zero-order chi connectivity index (χ0) is 22.1. The van der Waals surface area contributed by atoms with Gasteiger partial charge in [0.1, 0.15) is 18.5 Å². The fraction of sp³-hybridized carbons (Fsp3) is 0.652. The first-order valence-corrected chi connectivity index (χ1v) is 11.4. The van der Waals surface area contributed by atoms with Gasteiger partial charge in [0.2, 0.25) is 5.91 Å². The normalized spacial score (nSPS) is 19.1. The summed E-state index contributed by atoms with van der Waals surface area (Å²) in [7, 11) is 0. The highest BCUT2D eigenvalue weighted by Crippen LogP contribution is 2.14. The van der Waals surface area contributed by atoms with Crippen molar-refractivity contribution in [2.75, 3.05) is 65.6 Å². The van der Waals surface area contributed by atoms with E-state index in [0.29, 0.717) is 31.0 Å². The molecule has 172 valence electrons. The fourth-order valence-electron chi connectivity index (χ4n) is 4.01. The summed E-state index contributed by atoms with van der Waals surface area (Å²) < 4.78 is 10.6. The molecular formula is C23H35N3O5. The fourth-order valence-corrected chi connectivity index (χ4v) is 4.01. The first-order chi connectivity index (χ1) is 15.0. The van der Waals surface area contributed by atoms with Crippen molar-refractivity contribution in [1.82, 2.24) is 14.7 Å². The van der Waals surface area contributed by atoms with Crippen molar-refractivity contribution in [2.45, 2.75) is 32.3 Å². The van der Waals surface area contributed by atoms with Crippen LogP contribution in [0, 0.1) is 0 Å². The Balaban J connectivity index is 1.33. The van der Waals surface area contributed by atoms with Gasteiger partial charge in [-0.25, -0.2) is 4.79 Å². The van der Waals surface area contributed by atoms with Crippen molar-refractivity contribution in [3.63, 3.8) is 0 Å². The number of rotatable bonds is 9. The van der Waals surface area contributed by atoms with Crippen LogP contribution in [0.2, 0.25) is 0 Å². The standard InChI is InChI=1S/C23H35N3O5/c1-2-30-23(29)19-6-8-21(9-7-19)31-18-20(27)16-24-12-14-25(15-13-24)17-22(28)26-10-4-3-5-11-26/h6-9,20,27H,2-5,10-18H2,1H3. The van der Waals surface area contributed by atoms with E-state index in [-0.39, 0.29) is 18.5 Å². The molecule has 2 fully saturated rings. The molecule has 1 N–H and O–H groups in total. The quantitative estimate of drug-likeness (QED) is 0.587. The summed E-state index contributed by atoms with van der Waals surface area (Å²) in [5.74, 6) is 0.495. The summed E-state index contributed by atoms with van der Waals surface area (Å²) in [6, 6.07) is 6.72. The number of piperidine rings is 1. The molecule has 3 rings (SSSR count). The highest BCUT2D eigenvalue weighted by molar-refractivity contribution is 5.89. The maximum absolute atomic E-state index is 12.4. The van der Waals surface area contributed by atoms with Gasteiger partial charge in [-0.05, 0) is 50.5 Å². The van der Waals surface area contributed by atoms with Crippen LogP contribution >= 0.6 is 0 Å². The number of benzene rings is 1. The number of hydrogen-bond acceptors (Lipinski definition) is 7. The van der Waals surface area contributed by atoms with Crippen LogP contribution in [0.3, 0.4) is 0 Å². The molecular weight excluding hydrogens is 398 g/mol. The average Bonchev–Trinajstić information content (AvgIpc) is 2.80. The van der Waals surface area contributed by atoms with Crippen molar-refractivity contribution in [2.24, 2.45) is 0 Å². The summed E-state index contributed by atoms with van der Waals surface area (Å²) in [4.78, 5) is 30.5. The van der Waals surface area contributed by atoms with Gasteiger partial charge in [0.05, 0.1) is 18.7 Å². The number of aliphatic hydroxyl groups excluding tert-OH is 1. The number of hydrogen-bond donors (Lipinski definition) is 1. The minimum atomic E-state index is -0.605. The summed E-state index contributed by atoms with van der Waals surface area (Å²) >= 11 is 0. The van der Waals surface area contributed by atoms with Gasteiger partial charge in [-0.1, -0.05) is 0 Å². The van der Waals surface area contributed by atoms with Gasteiger partial charge in [-0.2, -0.15) is 0 Å². The molecule has 8 nitrogen and oxygen atoms in total. The number of β-amino-alcohol motifs (C(OH)–C–C–N with tert-alkyl or cyclic N) is 1. The van der Waals surface area contributed by atoms with Gasteiger partial charge in [-0.15, -0.1) is 0 Å². The number of nitrogens with zero attached hydrogens (tertiary/aromatic N) is 3. The third-order valence-corrected chi connectivity index (χ3v) is 5.81. The molecule has 0 aromatic heterocycles. The van der Waals surface area contributed by atoms with Crippen LogP contribution in [-0.2, 0) is 9.53 Å². The number of ether oxygens (including phenoxy) is 2. The lowest BCUT2D eigenvalue weighted by Gasteiger charge is -2.36. The van der Waals surface area contributed by atoms with E-state index in [0.717, 1.165) is 52.1 Å². The zero-order valence-corrected chi connectivity index (χ0v) is 18.5. The van der Waals surface area contributed by atoms with E-state index in [1.165, 1.54) is 6.42 Å². The highest BCUT2D eigenvalue weighted by Gasteiger charge is 2.23. The van der Waals surface area contributed by atoms with Gasteiger partial charge < -0.3 is 19.5 Å². The van der Waals surface area contributed by atoms with E-state index in [2.05, 4.69) is 9.80 Å². The van der Waals surface area contributed by atoms with E-state index in [1.807, 2.05) is 4.90 Å². The zero-order valence-electron chi connectivity index (χ0n) is 18.5. The molecule has 0 saturated carbocycles. The smallest absolute Gasteiger partial charge is 0.338 e. The Morgan fingerprint density at radius 2 is 1.61 bits per heavy atom. The first-order valence-electron chi connectivity index (χ1n) is 11.4. The second-order valence-electron chi connectivity index (χ2n) is 8.23. The van der Waals surface area contributed by atoms with Crippen molar-refractivity contribution in [3.8, 4) is 5.75 Å². The third-order valence-electron chi connectivity index (χ3n) is 5.81. The average molecular weight is 434 g/mol. The number of amides is 1. The van der Waals surface area contributed by atoms with Crippen LogP contribution in [0.4, 0.5) is 0 Å². The van der Waals surface area contributed by atoms with E-state index < -0.39 is 6.10 Å². The molecule has 0 spiro atoms. The third kappa shape index (κ3) is 7.48. The molecule has 1 aromatic carbocycles. The number of aliphatic hydroxyl groups is 1. The van der Waals surface area contributed by atoms with Crippen molar-refractivity contribution in [3.05, 3.63) is 29.8 Å². The van der Waals surface area contributed by atoms with Crippen LogP contribution in [0.25, 0.3) is 0 Å².